The van der Waals surface area contributed by atoms with Gasteiger partial charge in [-0.2, -0.15) is 5.10 Å². The molecule has 0 radical (unpaired) electrons. The molecule has 0 aliphatic heterocycles. The molecule has 4 rings (SSSR count). The minimum Gasteiger partial charge on any atom is -0.260 e. The monoisotopic (exact) mass is 440 g/mol. The van der Waals surface area contributed by atoms with E-state index < -0.39 is 9.84 Å². The largest absolute Gasteiger partial charge is 0.260 e. The van der Waals surface area contributed by atoms with Crippen LogP contribution in [0.15, 0.2) is 83.9 Å². The molecule has 0 aliphatic carbocycles. The second-order valence-corrected chi connectivity index (χ2v) is 9.45. The fourth-order valence-electron chi connectivity index (χ4n) is 3.27. The lowest BCUT2D eigenvalue weighted by Gasteiger charge is -2.11. The van der Waals surface area contributed by atoms with Crippen LogP contribution in [0.25, 0.3) is 22.4 Å². The molecule has 0 aliphatic rings. The summed E-state index contributed by atoms with van der Waals surface area (Å²) in [5, 5.41) is 5.21. The van der Waals surface area contributed by atoms with Gasteiger partial charge in [0.2, 0.25) is 0 Å². The van der Waals surface area contributed by atoms with Gasteiger partial charge in [0.05, 0.1) is 23.3 Å². The fourth-order valence-corrected chi connectivity index (χ4v) is 4.03. The Kier molecular flexibility index (Phi) is 5.45. The van der Waals surface area contributed by atoms with Gasteiger partial charge in [0, 0.05) is 22.4 Å². The number of hydrogen-bond donors (Lipinski definition) is 0. The zero-order valence-electron chi connectivity index (χ0n) is 16.1. The summed E-state index contributed by atoms with van der Waals surface area (Å²) >= 11 is 5.99. The summed E-state index contributed by atoms with van der Waals surface area (Å²) in [7, 11) is -3.29. The van der Waals surface area contributed by atoms with Crippen molar-refractivity contribution in [3.63, 3.8) is 0 Å². The van der Waals surface area contributed by atoms with E-state index in [1.807, 2.05) is 28.9 Å². The average molecular weight is 441 g/mol. The smallest absolute Gasteiger partial charge is 0.175 e. The van der Waals surface area contributed by atoms with Crippen LogP contribution < -0.4 is 0 Å². The normalized spacial score (nSPS) is 11.6. The Balaban J connectivity index is 1.83. The van der Waals surface area contributed by atoms with Crippen LogP contribution in [0.4, 0.5) is 4.39 Å². The van der Waals surface area contributed by atoms with Gasteiger partial charge < -0.3 is 0 Å². The Labute approximate surface area is 179 Å². The zero-order chi connectivity index (χ0) is 21.3. The van der Waals surface area contributed by atoms with Gasteiger partial charge in [0.25, 0.3) is 0 Å². The van der Waals surface area contributed by atoms with E-state index >= 15 is 0 Å². The molecule has 0 unspecified atom stereocenters. The summed E-state index contributed by atoms with van der Waals surface area (Å²) in [6, 6.07) is 20.4. The molecule has 0 N–H and O–H groups in total. The minimum atomic E-state index is -3.29. The Hall–Kier alpha value is -2.96. The van der Waals surface area contributed by atoms with Gasteiger partial charge in [-0.05, 0) is 47.5 Å². The third-order valence-corrected chi connectivity index (χ3v) is 6.18. The third-order valence-electron chi connectivity index (χ3n) is 4.80. The van der Waals surface area contributed by atoms with E-state index in [4.69, 9.17) is 11.6 Å². The highest BCUT2D eigenvalue weighted by Crippen LogP contribution is 2.33. The fraction of sp³-hybridized carbons (Fsp3) is 0.0870. The van der Waals surface area contributed by atoms with E-state index in [9.17, 15) is 12.8 Å². The maximum absolute atomic E-state index is 13.4. The molecular weight excluding hydrogens is 423 g/mol. The van der Waals surface area contributed by atoms with Gasteiger partial charge >= 0.3 is 0 Å². The number of halogens is 2. The van der Waals surface area contributed by atoms with Crippen molar-refractivity contribution in [3.05, 3.63) is 95.4 Å². The first-order valence-electron chi connectivity index (χ1n) is 9.18. The summed E-state index contributed by atoms with van der Waals surface area (Å²) in [5.74, 6) is -0.314. The van der Waals surface area contributed by atoms with Crippen LogP contribution in [0.5, 0.6) is 0 Å². The molecule has 0 saturated carbocycles. The molecule has 0 atom stereocenters. The molecule has 7 heteroatoms. The summed E-state index contributed by atoms with van der Waals surface area (Å²) < 4.78 is 38.9. The summed E-state index contributed by atoms with van der Waals surface area (Å²) in [4.78, 5) is 0.248. The van der Waals surface area contributed by atoms with Gasteiger partial charge in [-0.25, -0.2) is 12.8 Å². The van der Waals surface area contributed by atoms with Gasteiger partial charge in [0.15, 0.2) is 9.84 Å². The topological polar surface area (TPSA) is 52.0 Å². The Morgan fingerprint density at radius 3 is 2.10 bits per heavy atom. The summed E-state index contributed by atoms with van der Waals surface area (Å²) in [5.41, 5.74) is 4.30. The lowest BCUT2D eigenvalue weighted by atomic mass is 10.0. The van der Waals surface area contributed by atoms with Crippen LogP contribution in [0, 0.1) is 5.82 Å². The van der Waals surface area contributed by atoms with Crippen LogP contribution in [0.3, 0.4) is 0 Å². The van der Waals surface area contributed by atoms with E-state index in [1.165, 1.54) is 18.4 Å². The minimum absolute atomic E-state index is 0.248. The highest BCUT2D eigenvalue weighted by atomic mass is 35.5. The molecule has 1 heterocycles. The Morgan fingerprint density at radius 1 is 0.900 bits per heavy atom. The zero-order valence-corrected chi connectivity index (χ0v) is 17.7. The number of aromatic nitrogens is 2. The first-order valence-corrected chi connectivity index (χ1v) is 11.4. The SMILES string of the molecule is CS(=O)(=O)c1ccc(-c2c(-c3ccc(F)cc3)cnn2Cc2ccc(Cl)cc2)cc1. The van der Waals surface area contributed by atoms with Crippen molar-refractivity contribution in [2.75, 3.05) is 6.26 Å². The maximum atomic E-state index is 13.4. The van der Waals surface area contributed by atoms with Crippen LogP contribution in [-0.2, 0) is 16.4 Å². The molecule has 0 amide bonds. The quantitative estimate of drug-likeness (QED) is 0.414. The molecule has 30 heavy (non-hydrogen) atoms. The second-order valence-electron chi connectivity index (χ2n) is 6.99. The summed E-state index contributed by atoms with van der Waals surface area (Å²) in [6.45, 7) is 0.502. The van der Waals surface area contributed by atoms with Crippen molar-refractivity contribution in [3.8, 4) is 22.4 Å². The molecule has 0 spiro atoms. The number of rotatable bonds is 5. The van der Waals surface area contributed by atoms with Crippen molar-refractivity contribution >= 4 is 21.4 Å². The standard InChI is InChI=1S/C23H18ClFN2O2S/c1-30(28,29)21-12-6-18(7-13-21)23-22(17-4-10-20(25)11-5-17)14-26-27(23)15-16-2-8-19(24)9-3-16/h2-14H,15H2,1H3. The van der Waals surface area contributed by atoms with Gasteiger partial charge in [-0.3, -0.25) is 4.68 Å². The van der Waals surface area contributed by atoms with Crippen LogP contribution in [0.2, 0.25) is 5.02 Å². The molecule has 0 bridgehead atoms. The van der Waals surface area contributed by atoms with Crippen LogP contribution >= 0.6 is 11.6 Å². The average Bonchev–Trinajstić information content (AvgIpc) is 3.13. The van der Waals surface area contributed by atoms with Crippen molar-refractivity contribution in [1.82, 2.24) is 9.78 Å². The van der Waals surface area contributed by atoms with Gasteiger partial charge in [-0.1, -0.05) is 48.0 Å². The third kappa shape index (κ3) is 4.30. The van der Waals surface area contributed by atoms with Gasteiger partial charge in [0.1, 0.15) is 5.82 Å². The van der Waals surface area contributed by atoms with Crippen molar-refractivity contribution < 1.29 is 12.8 Å². The highest BCUT2D eigenvalue weighted by molar-refractivity contribution is 7.90. The van der Waals surface area contributed by atoms with Crippen LogP contribution in [0.1, 0.15) is 5.56 Å². The first-order chi connectivity index (χ1) is 14.3. The predicted octanol–water partition coefficient (Wildman–Crippen LogP) is 5.46. The van der Waals surface area contributed by atoms with Crippen molar-refractivity contribution in [2.45, 2.75) is 11.4 Å². The number of nitrogens with zero attached hydrogens (tertiary/aromatic N) is 2. The van der Waals surface area contributed by atoms with E-state index in [1.54, 1.807) is 42.6 Å². The molecule has 0 fully saturated rings. The maximum Gasteiger partial charge on any atom is 0.175 e. The lowest BCUT2D eigenvalue weighted by molar-refractivity contribution is 0.602. The van der Waals surface area contributed by atoms with E-state index in [0.717, 1.165) is 27.9 Å². The second kappa shape index (κ2) is 8.05. The van der Waals surface area contributed by atoms with E-state index in [0.29, 0.717) is 11.6 Å². The van der Waals surface area contributed by atoms with E-state index in [-0.39, 0.29) is 10.7 Å². The number of hydrogen-bond acceptors (Lipinski definition) is 3. The summed E-state index contributed by atoms with van der Waals surface area (Å²) in [6.07, 6.45) is 2.92. The molecule has 4 nitrogen and oxygen atoms in total. The molecule has 1 aromatic heterocycles. The molecular formula is C23H18ClFN2O2S. The molecule has 3 aromatic carbocycles. The van der Waals surface area contributed by atoms with Crippen molar-refractivity contribution in [1.29, 1.82) is 0 Å². The Morgan fingerprint density at radius 2 is 1.50 bits per heavy atom. The first kappa shape index (κ1) is 20.3. The molecule has 4 aromatic rings. The Bertz CT molecular complexity index is 1280. The lowest BCUT2D eigenvalue weighted by Crippen LogP contribution is -2.04. The molecule has 0 saturated heterocycles. The van der Waals surface area contributed by atoms with Crippen LogP contribution in [-0.4, -0.2) is 24.5 Å². The highest BCUT2D eigenvalue weighted by Gasteiger charge is 2.16. The predicted molar refractivity (Wildman–Crippen MR) is 117 cm³/mol. The molecule has 152 valence electrons. The van der Waals surface area contributed by atoms with Crippen molar-refractivity contribution in [2.24, 2.45) is 0 Å². The van der Waals surface area contributed by atoms with Gasteiger partial charge in [-0.15, -0.1) is 0 Å². The number of benzene rings is 3. The number of sulfone groups is 1. The van der Waals surface area contributed by atoms with E-state index in [2.05, 4.69) is 5.10 Å².